The van der Waals surface area contributed by atoms with Crippen LogP contribution in [0.1, 0.15) is 11.1 Å². The average molecular weight is 221 g/mol. The van der Waals surface area contributed by atoms with Crippen molar-refractivity contribution < 1.29 is 4.39 Å². The van der Waals surface area contributed by atoms with E-state index in [-0.39, 0.29) is 5.82 Å². The van der Waals surface area contributed by atoms with E-state index < -0.39 is 0 Å². The molecule has 4 heteroatoms. The van der Waals surface area contributed by atoms with E-state index in [2.05, 4.69) is 4.98 Å². The van der Waals surface area contributed by atoms with Gasteiger partial charge in [0.25, 0.3) is 0 Å². The van der Waals surface area contributed by atoms with Gasteiger partial charge in [-0.3, -0.25) is 4.98 Å². The van der Waals surface area contributed by atoms with Gasteiger partial charge in [0.05, 0.1) is 16.1 Å². The molecule has 0 spiro atoms. The summed E-state index contributed by atoms with van der Waals surface area (Å²) >= 11 is 5.98. The quantitative estimate of drug-likeness (QED) is 0.684. The SMILES string of the molecule is Cc1cc2c(Cl)c(C#N)cnc2cc1F. The zero-order valence-electron chi connectivity index (χ0n) is 7.88. The summed E-state index contributed by atoms with van der Waals surface area (Å²) in [5.41, 5.74) is 1.25. The summed E-state index contributed by atoms with van der Waals surface area (Å²) in [6.07, 6.45) is 1.35. The third-order valence-electron chi connectivity index (χ3n) is 2.20. The van der Waals surface area contributed by atoms with Crippen LogP contribution in [-0.4, -0.2) is 4.98 Å². The molecule has 0 amide bonds. The molecule has 0 aliphatic carbocycles. The molecule has 2 rings (SSSR count). The number of hydrogen-bond acceptors (Lipinski definition) is 2. The van der Waals surface area contributed by atoms with Crippen LogP contribution in [0, 0.1) is 24.1 Å². The molecule has 0 radical (unpaired) electrons. The van der Waals surface area contributed by atoms with Gasteiger partial charge in [-0.05, 0) is 18.6 Å². The maximum absolute atomic E-state index is 13.2. The molecule has 0 fully saturated rings. The van der Waals surface area contributed by atoms with Crippen molar-refractivity contribution in [3.63, 3.8) is 0 Å². The molecular weight excluding hydrogens is 215 g/mol. The summed E-state index contributed by atoms with van der Waals surface area (Å²) < 4.78 is 13.2. The minimum Gasteiger partial charge on any atom is -0.255 e. The standard InChI is InChI=1S/C11H6ClFN2/c1-6-2-8-10(3-9(6)13)15-5-7(4-14)11(8)12/h2-3,5H,1H3. The lowest BCUT2D eigenvalue weighted by molar-refractivity contribution is 0.620. The van der Waals surface area contributed by atoms with Crippen LogP contribution >= 0.6 is 11.6 Å². The van der Waals surface area contributed by atoms with Gasteiger partial charge in [-0.25, -0.2) is 4.39 Å². The Morgan fingerprint density at radius 1 is 1.47 bits per heavy atom. The van der Waals surface area contributed by atoms with E-state index in [0.717, 1.165) is 0 Å². The number of hydrogen-bond donors (Lipinski definition) is 0. The fourth-order valence-corrected chi connectivity index (χ4v) is 1.61. The van der Waals surface area contributed by atoms with Crippen LogP contribution in [0.25, 0.3) is 10.9 Å². The number of aromatic nitrogens is 1. The highest BCUT2D eigenvalue weighted by Gasteiger charge is 2.08. The topological polar surface area (TPSA) is 36.7 Å². The first-order valence-corrected chi connectivity index (χ1v) is 4.65. The maximum atomic E-state index is 13.2. The molecule has 0 unspecified atom stereocenters. The molecular formula is C11H6ClFN2. The van der Waals surface area contributed by atoms with E-state index in [4.69, 9.17) is 16.9 Å². The van der Waals surface area contributed by atoms with Crippen molar-refractivity contribution in [3.8, 4) is 6.07 Å². The van der Waals surface area contributed by atoms with E-state index in [9.17, 15) is 4.39 Å². The van der Waals surface area contributed by atoms with Crippen molar-refractivity contribution in [1.29, 1.82) is 5.26 Å². The van der Waals surface area contributed by atoms with E-state index in [1.165, 1.54) is 12.3 Å². The Balaban J connectivity index is 2.89. The Kier molecular flexibility index (Phi) is 2.29. The highest BCUT2D eigenvalue weighted by atomic mass is 35.5. The molecule has 2 aromatic rings. The van der Waals surface area contributed by atoms with Gasteiger partial charge >= 0.3 is 0 Å². The zero-order valence-corrected chi connectivity index (χ0v) is 8.64. The molecule has 1 aromatic heterocycles. The van der Waals surface area contributed by atoms with E-state index in [0.29, 0.717) is 27.1 Å². The van der Waals surface area contributed by atoms with E-state index >= 15 is 0 Å². The maximum Gasteiger partial charge on any atom is 0.128 e. The Morgan fingerprint density at radius 2 is 2.20 bits per heavy atom. The molecule has 15 heavy (non-hydrogen) atoms. The number of nitrogens with zero attached hydrogens (tertiary/aromatic N) is 2. The molecule has 1 heterocycles. The lowest BCUT2D eigenvalue weighted by Crippen LogP contribution is -1.89. The summed E-state index contributed by atoms with van der Waals surface area (Å²) in [4.78, 5) is 3.97. The fraction of sp³-hybridized carbons (Fsp3) is 0.0909. The number of rotatable bonds is 0. The van der Waals surface area contributed by atoms with Gasteiger partial charge in [-0.1, -0.05) is 11.6 Å². The second kappa shape index (κ2) is 3.48. The zero-order chi connectivity index (χ0) is 11.0. The molecule has 0 atom stereocenters. The first-order chi connectivity index (χ1) is 7.13. The summed E-state index contributed by atoms with van der Waals surface area (Å²) in [5.74, 6) is -0.323. The number of aryl methyl sites for hydroxylation is 1. The van der Waals surface area contributed by atoms with Gasteiger partial charge in [0.2, 0.25) is 0 Å². The fourth-order valence-electron chi connectivity index (χ4n) is 1.37. The molecule has 74 valence electrons. The van der Waals surface area contributed by atoms with Crippen molar-refractivity contribution in [3.05, 3.63) is 40.3 Å². The largest absolute Gasteiger partial charge is 0.255 e. The summed E-state index contributed by atoms with van der Waals surface area (Å²) in [6, 6.07) is 4.85. The van der Waals surface area contributed by atoms with E-state index in [1.54, 1.807) is 13.0 Å². The number of fused-ring (bicyclic) bond motifs is 1. The second-order valence-electron chi connectivity index (χ2n) is 3.22. The number of benzene rings is 1. The first kappa shape index (κ1) is 9.88. The molecule has 0 N–H and O–H groups in total. The highest BCUT2D eigenvalue weighted by molar-refractivity contribution is 6.36. The van der Waals surface area contributed by atoms with E-state index in [1.807, 2.05) is 6.07 Å². The molecule has 1 aromatic carbocycles. The van der Waals surface area contributed by atoms with Crippen LogP contribution in [0.5, 0.6) is 0 Å². The van der Waals surface area contributed by atoms with Crippen LogP contribution in [0.2, 0.25) is 5.02 Å². The van der Waals surface area contributed by atoms with Crippen LogP contribution in [0.15, 0.2) is 18.3 Å². The molecule has 0 aliphatic rings. The van der Waals surface area contributed by atoms with Crippen LogP contribution in [0.3, 0.4) is 0 Å². The van der Waals surface area contributed by atoms with Crippen molar-refractivity contribution in [1.82, 2.24) is 4.98 Å². The van der Waals surface area contributed by atoms with Gasteiger partial charge in [-0.2, -0.15) is 5.26 Å². The molecule has 0 saturated heterocycles. The molecule has 0 bridgehead atoms. The number of halogens is 2. The monoisotopic (exact) mass is 220 g/mol. The summed E-state index contributed by atoms with van der Waals surface area (Å²) in [5, 5.41) is 9.68. The van der Waals surface area contributed by atoms with Gasteiger partial charge in [0, 0.05) is 17.6 Å². The Hall–Kier alpha value is -1.66. The Labute approximate surface area is 90.9 Å². The molecule has 0 saturated carbocycles. The predicted molar refractivity (Wildman–Crippen MR) is 56.2 cm³/mol. The highest BCUT2D eigenvalue weighted by Crippen LogP contribution is 2.27. The van der Waals surface area contributed by atoms with Crippen molar-refractivity contribution in [2.24, 2.45) is 0 Å². The Bertz CT molecular complexity index is 587. The first-order valence-electron chi connectivity index (χ1n) is 4.28. The smallest absolute Gasteiger partial charge is 0.128 e. The minimum atomic E-state index is -0.323. The predicted octanol–water partition coefficient (Wildman–Crippen LogP) is 3.21. The van der Waals surface area contributed by atoms with Gasteiger partial charge < -0.3 is 0 Å². The normalized spacial score (nSPS) is 10.3. The van der Waals surface area contributed by atoms with Gasteiger partial charge in [0.15, 0.2) is 0 Å². The second-order valence-corrected chi connectivity index (χ2v) is 3.59. The van der Waals surface area contributed by atoms with Crippen molar-refractivity contribution in [2.75, 3.05) is 0 Å². The van der Waals surface area contributed by atoms with Gasteiger partial charge in [-0.15, -0.1) is 0 Å². The molecule has 2 nitrogen and oxygen atoms in total. The van der Waals surface area contributed by atoms with Crippen LogP contribution in [-0.2, 0) is 0 Å². The minimum absolute atomic E-state index is 0.301. The van der Waals surface area contributed by atoms with Crippen molar-refractivity contribution in [2.45, 2.75) is 6.92 Å². The van der Waals surface area contributed by atoms with Gasteiger partial charge in [0.1, 0.15) is 11.9 Å². The lowest BCUT2D eigenvalue weighted by Gasteiger charge is -2.03. The molecule has 0 aliphatic heterocycles. The lowest BCUT2D eigenvalue weighted by atomic mass is 10.1. The van der Waals surface area contributed by atoms with Crippen LogP contribution < -0.4 is 0 Å². The van der Waals surface area contributed by atoms with Crippen LogP contribution in [0.4, 0.5) is 4.39 Å². The Morgan fingerprint density at radius 3 is 2.87 bits per heavy atom. The number of pyridine rings is 1. The average Bonchev–Trinajstić information content (AvgIpc) is 2.22. The number of nitriles is 1. The van der Waals surface area contributed by atoms with Crippen molar-refractivity contribution >= 4 is 22.5 Å². The summed E-state index contributed by atoms with van der Waals surface area (Å²) in [6.45, 7) is 1.64. The summed E-state index contributed by atoms with van der Waals surface area (Å²) in [7, 11) is 0. The third kappa shape index (κ3) is 1.53. The third-order valence-corrected chi connectivity index (χ3v) is 2.61.